The van der Waals surface area contributed by atoms with Gasteiger partial charge in [-0.25, -0.2) is 13.1 Å². The van der Waals surface area contributed by atoms with Gasteiger partial charge in [0, 0.05) is 11.4 Å². The van der Waals surface area contributed by atoms with Crippen LogP contribution in [0.1, 0.15) is 30.4 Å². The lowest BCUT2D eigenvalue weighted by molar-refractivity contribution is 0.159. The molecule has 0 radical (unpaired) electrons. The third-order valence-corrected chi connectivity index (χ3v) is 7.09. The molecule has 7 nitrogen and oxygen atoms in total. The predicted octanol–water partition coefficient (Wildman–Crippen LogP) is 2.62. The molecule has 28 heavy (non-hydrogen) atoms. The van der Waals surface area contributed by atoms with Crippen LogP contribution in [0, 0.1) is 13.8 Å². The number of anilines is 1. The van der Waals surface area contributed by atoms with E-state index in [9.17, 15) is 13.5 Å². The Balaban J connectivity index is 1.70. The third kappa shape index (κ3) is 3.17. The summed E-state index contributed by atoms with van der Waals surface area (Å²) in [7, 11) is -3.69. The number of aliphatic hydroxyl groups excluding tert-OH is 1. The molecular weight excluding hydrogens is 376 g/mol. The number of sulfonamides is 1. The Hall–Kier alpha value is -2.42. The summed E-state index contributed by atoms with van der Waals surface area (Å²) in [6.45, 7) is 3.87. The van der Waals surface area contributed by atoms with Crippen molar-refractivity contribution in [2.75, 3.05) is 5.73 Å². The first-order valence-corrected chi connectivity index (χ1v) is 10.8. The largest absolute Gasteiger partial charge is 0.391 e. The minimum Gasteiger partial charge on any atom is -0.391 e. The van der Waals surface area contributed by atoms with E-state index in [1.54, 1.807) is 12.1 Å². The first-order chi connectivity index (χ1) is 13.3. The van der Waals surface area contributed by atoms with Gasteiger partial charge in [0.2, 0.25) is 10.0 Å². The number of nitrogens with two attached hydrogens (primary N) is 1. The summed E-state index contributed by atoms with van der Waals surface area (Å²) in [4.78, 5) is 0.203. The molecule has 0 aliphatic heterocycles. The number of hydrogen-bond donors (Lipinski definition) is 4. The number of aliphatic hydroxyl groups is 1. The highest BCUT2D eigenvalue weighted by molar-refractivity contribution is 7.89. The number of aromatic nitrogens is 2. The molecule has 0 bridgehead atoms. The molecule has 0 amide bonds. The molecule has 0 spiro atoms. The minimum atomic E-state index is -3.69. The van der Waals surface area contributed by atoms with E-state index in [2.05, 4.69) is 14.9 Å². The minimum absolute atomic E-state index is 0.203. The Kier molecular flexibility index (Phi) is 4.65. The highest BCUT2D eigenvalue weighted by Crippen LogP contribution is 2.34. The van der Waals surface area contributed by atoms with Gasteiger partial charge in [0.15, 0.2) is 5.82 Å². The SMILES string of the molecule is Cc1cc(S(=O)(=O)N[C@@H]2CCC[C@@H]2O)ccc1-c1ccc2[nH]nc(N)c2c1C. The lowest BCUT2D eigenvalue weighted by Gasteiger charge is -2.17. The Morgan fingerprint density at radius 2 is 1.93 bits per heavy atom. The number of H-pyrrole nitrogens is 1. The molecule has 1 fully saturated rings. The first-order valence-electron chi connectivity index (χ1n) is 9.32. The average molecular weight is 401 g/mol. The molecule has 0 saturated heterocycles. The van der Waals surface area contributed by atoms with Crippen LogP contribution in [0.5, 0.6) is 0 Å². The van der Waals surface area contributed by atoms with Crippen molar-refractivity contribution in [3.8, 4) is 11.1 Å². The maximum atomic E-state index is 12.7. The number of hydrogen-bond acceptors (Lipinski definition) is 5. The monoisotopic (exact) mass is 400 g/mol. The lowest BCUT2D eigenvalue weighted by atomic mass is 9.94. The zero-order valence-corrected chi connectivity index (χ0v) is 16.7. The number of aromatic amines is 1. The third-order valence-electron chi connectivity index (χ3n) is 5.60. The number of benzene rings is 2. The number of fused-ring (bicyclic) bond motifs is 1. The van der Waals surface area contributed by atoms with Gasteiger partial charge in [0.1, 0.15) is 0 Å². The fourth-order valence-electron chi connectivity index (χ4n) is 4.05. The molecule has 4 rings (SSSR count). The Bertz CT molecular complexity index is 1150. The van der Waals surface area contributed by atoms with Gasteiger partial charge in [0.05, 0.1) is 16.5 Å². The standard InChI is InChI=1S/C20H24N4O3S/c1-11-10-13(28(26,27)24-16-4-3-5-18(16)25)6-7-14(11)15-8-9-17-19(12(15)2)20(21)23-22-17/h6-10,16,18,24-25H,3-5H2,1-2H3,(H3,21,22,23)/t16-,18+/m1/s1. The highest BCUT2D eigenvalue weighted by Gasteiger charge is 2.30. The molecule has 5 N–H and O–H groups in total. The van der Waals surface area contributed by atoms with Gasteiger partial charge in [-0.1, -0.05) is 12.1 Å². The molecule has 2 atom stereocenters. The van der Waals surface area contributed by atoms with Crippen molar-refractivity contribution in [2.45, 2.75) is 50.2 Å². The van der Waals surface area contributed by atoms with Crippen LogP contribution in [0.15, 0.2) is 35.2 Å². The van der Waals surface area contributed by atoms with Crippen LogP contribution in [0.25, 0.3) is 22.0 Å². The molecule has 1 saturated carbocycles. The highest BCUT2D eigenvalue weighted by atomic mass is 32.2. The van der Waals surface area contributed by atoms with E-state index in [4.69, 9.17) is 5.73 Å². The van der Waals surface area contributed by atoms with Crippen molar-refractivity contribution in [1.29, 1.82) is 0 Å². The van der Waals surface area contributed by atoms with Gasteiger partial charge in [-0.3, -0.25) is 5.10 Å². The smallest absolute Gasteiger partial charge is 0.240 e. The molecule has 8 heteroatoms. The normalized spacial score (nSPS) is 20.1. The van der Waals surface area contributed by atoms with E-state index in [1.807, 2.05) is 32.0 Å². The van der Waals surface area contributed by atoms with Gasteiger partial charge < -0.3 is 10.8 Å². The van der Waals surface area contributed by atoms with Crippen LogP contribution in [0.2, 0.25) is 0 Å². The van der Waals surface area contributed by atoms with Gasteiger partial charge in [-0.15, -0.1) is 0 Å². The van der Waals surface area contributed by atoms with E-state index in [1.165, 1.54) is 0 Å². The lowest BCUT2D eigenvalue weighted by Crippen LogP contribution is -2.39. The second-order valence-corrected chi connectivity index (χ2v) is 9.19. The van der Waals surface area contributed by atoms with Gasteiger partial charge in [-0.2, -0.15) is 5.10 Å². The van der Waals surface area contributed by atoms with Crippen LogP contribution in [-0.4, -0.2) is 35.9 Å². The fraction of sp³-hybridized carbons (Fsp3) is 0.350. The van der Waals surface area contributed by atoms with Crippen molar-refractivity contribution in [1.82, 2.24) is 14.9 Å². The Morgan fingerprint density at radius 1 is 1.18 bits per heavy atom. The van der Waals surface area contributed by atoms with E-state index in [-0.39, 0.29) is 4.90 Å². The first kappa shape index (κ1) is 18.9. The Morgan fingerprint density at radius 3 is 2.61 bits per heavy atom. The fourth-order valence-corrected chi connectivity index (χ4v) is 5.44. The maximum Gasteiger partial charge on any atom is 0.240 e. The number of nitrogens with zero attached hydrogens (tertiary/aromatic N) is 1. The van der Waals surface area contributed by atoms with Crippen LogP contribution >= 0.6 is 0 Å². The summed E-state index contributed by atoms with van der Waals surface area (Å²) in [5.41, 5.74) is 10.6. The summed E-state index contributed by atoms with van der Waals surface area (Å²) in [5.74, 6) is 0.450. The van der Waals surface area contributed by atoms with Crippen molar-refractivity contribution in [3.05, 3.63) is 41.5 Å². The number of aryl methyl sites for hydroxylation is 2. The molecule has 1 aromatic heterocycles. The maximum absolute atomic E-state index is 12.7. The van der Waals surface area contributed by atoms with Crippen LogP contribution in [0.4, 0.5) is 5.82 Å². The van der Waals surface area contributed by atoms with Crippen LogP contribution in [0.3, 0.4) is 0 Å². The second-order valence-electron chi connectivity index (χ2n) is 7.47. The van der Waals surface area contributed by atoms with Gasteiger partial charge in [0.25, 0.3) is 0 Å². The topological polar surface area (TPSA) is 121 Å². The molecular formula is C20H24N4O3S. The summed E-state index contributed by atoms with van der Waals surface area (Å²) in [5, 5.41) is 17.8. The molecule has 148 valence electrons. The number of rotatable bonds is 4. The second kappa shape index (κ2) is 6.88. The summed E-state index contributed by atoms with van der Waals surface area (Å²) in [6.07, 6.45) is 1.49. The molecule has 2 aromatic carbocycles. The number of nitrogens with one attached hydrogen (secondary N) is 2. The van der Waals surface area contributed by atoms with E-state index in [0.29, 0.717) is 18.7 Å². The number of nitrogen functional groups attached to an aromatic ring is 1. The zero-order valence-electron chi connectivity index (χ0n) is 15.9. The van der Waals surface area contributed by atoms with Crippen molar-refractivity contribution in [2.24, 2.45) is 0 Å². The van der Waals surface area contributed by atoms with E-state index < -0.39 is 22.2 Å². The summed E-state index contributed by atoms with van der Waals surface area (Å²) >= 11 is 0. The molecule has 1 aliphatic rings. The van der Waals surface area contributed by atoms with E-state index in [0.717, 1.165) is 39.6 Å². The van der Waals surface area contributed by atoms with Crippen molar-refractivity contribution >= 4 is 26.7 Å². The van der Waals surface area contributed by atoms with Crippen LogP contribution < -0.4 is 10.5 Å². The summed E-state index contributed by atoms with van der Waals surface area (Å²) in [6, 6.07) is 8.58. The average Bonchev–Trinajstić information content (AvgIpc) is 3.22. The van der Waals surface area contributed by atoms with Gasteiger partial charge >= 0.3 is 0 Å². The molecule has 1 heterocycles. The van der Waals surface area contributed by atoms with Crippen molar-refractivity contribution < 1.29 is 13.5 Å². The Labute approximate surface area is 164 Å². The molecule has 0 unspecified atom stereocenters. The predicted molar refractivity (Wildman–Crippen MR) is 109 cm³/mol. The molecule has 3 aromatic rings. The van der Waals surface area contributed by atoms with Crippen molar-refractivity contribution in [3.63, 3.8) is 0 Å². The zero-order chi connectivity index (χ0) is 20.1. The van der Waals surface area contributed by atoms with Gasteiger partial charge in [-0.05, 0) is 73.6 Å². The van der Waals surface area contributed by atoms with E-state index >= 15 is 0 Å². The quantitative estimate of drug-likeness (QED) is 0.536. The molecule has 1 aliphatic carbocycles. The summed E-state index contributed by atoms with van der Waals surface area (Å²) < 4.78 is 28.1. The van der Waals surface area contributed by atoms with Crippen LogP contribution in [-0.2, 0) is 10.0 Å².